The van der Waals surface area contributed by atoms with Crippen molar-refractivity contribution in [3.05, 3.63) is 29.7 Å². The van der Waals surface area contributed by atoms with E-state index in [0.29, 0.717) is 12.1 Å². The van der Waals surface area contributed by atoms with Crippen molar-refractivity contribution in [2.45, 2.75) is 38.8 Å². The van der Waals surface area contributed by atoms with Crippen LogP contribution in [0.25, 0.3) is 0 Å². The first-order valence-corrected chi connectivity index (χ1v) is 7.87. The second-order valence-electron chi connectivity index (χ2n) is 5.24. The van der Waals surface area contributed by atoms with Gasteiger partial charge in [-0.2, -0.15) is 0 Å². The molecule has 0 unspecified atom stereocenters. The summed E-state index contributed by atoms with van der Waals surface area (Å²) in [6.07, 6.45) is 7.66. The highest BCUT2D eigenvalue weighted by molar-refractivity contribution is 7.13. The van der Waals surface area contributed by atoms with Gasteiger partial charge < -0.3 is 5.32 Å². The topological polar surface area (TPSA) is 53.9 Å². The molecular formula is C14H19N5S. The van der Waals surface area contributed by atoms with E-state index in [4.69, 9.17) is 0 Å². The lowest BCUT2D eigenvalue weighted by atomic mass is 10.1. The zero-order valence-corrected chi connectivity index (χ0v) is 12.6. The molecule has 0 spiro atoms. The fraction of sp³-hybridized carbons (Fsp3) is 0.500. The Morgan fingerprint density at radius 3 is 2.85 bits per heavy atom. The number of aromatic nitrogens is 3. The molecule has 1 saturated heterocycles. The lowest BCUT2D eigenvalue weighted by Crippen LogP contribution is -2.31. The molecule has 1 fully saturated rings. The number of hydrogen-bond acceptors (Lipinski definition) is 6. The molecular weight excluding hydrogens is 270 g/mol. The normalized spacial score (nSPS) is 19.6. The van der Waals surface area contributed by atoms with Crippen molar-refractivity contribution in [2.24, 2.45) is 0 Å². The van der Waals surface area contributed by atoms with Crippen molar-refractivity contribution < 1.29 is 0 Å². The maximum Gasteiger partial charge on any atom is 0.188 e. The van der Waals surface area contributed by atoms with Crippen LogP contribution in [0.1, 0.15) is 38.4 Å². The highest BCUT2D eigenvalue weighted by atomic mass is 32.1. The number of rotatable bonds is 4. The Kier molecular flexibility index (Phi) is 3.93. The molecule has 0 saturated carbocycles. The summed E-state index contributed by atoms with van der Waals surface area (Å²) in [6.45, 7) is 5.61. The average Bonchev–Trinajstić information content (AvgIpc) is 3.09. The zero-order valence-electron chi connectivity index (χ0n) is 11.8. The van der Waals surface area contributed by atoms with Gasteiger partial charge in [-0.3, -0.25) is 9.88 Å². The molecule has 6 heteroatoms. The fourth-order valence-corrected chi connectivity index (χ4v) is 3.30. The Hall–Kier alpha value is -1.53. The second kappa shape index (κ2) is 5.85. The summed E-state index contributed by atoms with van der Waals surface area (Å²) in [5, 5.41) is 6.11. The molecule has 1 N–H and O–H groups in total. The highest BCUT2D eigenvalue weighted by Crippen LogP contribution is 2.35. The van der Waals surface area contributed by atoms with Gasteiger partial charge in [0.1, 0.15) is 5.69 Å². The van der Waals surface area contributed by atoms with E-state index in [1.807, 2.05) is 5.38 Å². The van der Waals surface area contributed by atoms with Crippen LogP contribution in [0.2, 0.25) is 0 Å². The SMILES string of the molecule is CC(C)N1CCC[C@@H]1c1nccnc1Nc1nccs1. The van der Waals surface area contributed by atoms with Gasteiger partial charge in [0, 0.05) is 30.0 Å². The molecule has 0 bridgehead atoms. The summed E-state index contributed by atoms with van der Waals surface area (Å²) < 4.78 is 0. The van der Waals surface area contributed by atoms with E-state index in [0.717, 1.165) is 29.6 Å². The number of nitrogens with zero attached hydrogens (tertiary/aromatic N) is 4. The number of likely N-dealkylation sites (tertiary alicyclic amines) is 1. The molecule has 2 aromatic rings. The van der Waals surface area contributed by atoms with Gasteiger partial charge in [-0.25, -0.2) is 9.97 Å². The molecule has 1 aliphatic heterocycles. The van der Waals surface area contributed by atoms with Crippen LogP contribution in [0.5, 0.6) is 0 Å². The molecule has 1 atom stereocenters. The van der Waals surface area contributed by atoms with E-state index >= 15 is 0 Å². The van der Waals surface area contributed by atoms with Crippen LogP contribution < -0.4 is 5.32 Å². The van der Waals surface area contributed by atoms with Crippen LogP contribution >= 0.6 is 11.3 Å². The first-order valence-electron chi connectivity index (χ1n) is 6.99. The van der Waals surface area contributed by atoms with E-state index in [1.54, 1.807) is 29.9 Å². The average molecular weight is 289 g/mol. The Morgan fingerprint density at radius 2 is 2.10 bits per heavy atom. The van der Waals surface area contributed by atoms with Crippen LogP contribution in [0, 0.1) is 0 Å². The highest BCUT2D eigenvalue weighted by Gasteiger charge is 2.31. The lowest BCUT2D eigenvalue weighted by Gasteiger charge is -2.28. The minimum Gasteiger partial charge on any atom is -0.315 e. The van der Waals surface area contributed by atoms with Crippen molar-refractivity contribution in [1.29, 1.82) is 0 Å². The molecule has 2 aromatic heterocycles. The van der Waals surface area contributed by atoms with E-state index in [-0.39, 0.29) is 0 Å². The predicted molar refractivity (Wildman–Crippen MR) is 81.2 cm³/mol. The Morgan fingerprint density at radius 1 is 1.25 bits per heavy atom. The quantitative estimate of drug-likeness (QED) is 0.936. The Labute approximate surface area is 123 Å². The van der Waals surface area contributed by atoms with Gasteiger partial charge in [-0.05, 0) is 33.2 Å². The molecule has 0 aromatic carbocycles. The lowest BCUT2D eigenvalue weighted by molar-refractivity contribution is 0.202. The molecule has 20 heavy (non-hydrogen) atoms. The zero-order chi connectivity index (χ0) is 13.9. The van der Waals surface area contributed by atoms with Gasteiger partial charge in [-0.15, -0.1) is 11.3 Å². The molecule has 0 amide bonds. The van der Waals surface area contributed by atoms with E-state index in [2.05, 4.69) is 39.0 Å². The smallest absolute Gasteiger partial charge is 0.188 e. The van der Waals surface area contributed by atoms with Crippen molar-refractivity contribution >= 4 is 22.3 Å². The molecule has 5 nitrogen and oxygen atoms in total. The van der Waals surface area contributed by atoms with Crippen molar-refractivity contribution in [2.75, 3.05) is 11.9 Å². The Balaban J connectivity index is 1.89. The third-order valence-electron chi connectivity index (χ3n) is 3.66. The Bertz CT molecular complexity index is 554. The van der Waals surface area contributed by atoms with Gasteiger partial charge in [0.15, 0.2) is 10.9 Å². The minimum absolute atomic E-state index is 0.353. The van der Waals surface area contributed by atoms with Crippen LogP contribution in [-0.2, 0) is 0 Å². The predicted octanol–water partition coefficient (Wildman–Crippen LogP) is 3.22. The monoisotopic (exact) mass is 289 g/mol. The third kappa shape index (κ3) is 2.66. The van der Waals surface area contributed by atoms with E-state index < -0.39 is 0 Å². The standard InChI is InChI=1S/C14H19N5S/c1-10(2)19-8-3-4-11(19)12-13(16-6-5-15-12)18-14-17-7-9-20-14/h5-7,9-11H,3-4,8H2,1-2H3,(H,16,17,18)/t11-/m1/s1. The summed E-state index contributed by atoms with van der Waals surface area (Å²) in [4.78, 5) is 15.8. The van der Waals surface area contributed by atoms with Gasteiger partial charge in [0.05, 0.1) is 6.04 Å². The third-order valence-corrected chi connectivity index (χ3v) is 4.35. The molecule has 0 aliphatic carbocycles. The van der Waals surface area contributed by atoms with Gasteiger partial charge in [0.2, 0.25) is 0 Å². The second-order valence-corrected chi connectivity index (χ2v) is 6.14. The first kappa shape index (κ1) is 13.5. The number of thiazole rings is 1. The summed E-state index contributed by atoms with van der Waals surface area (Å²) in [6, 6.07) is 0.878. The molecule has 3 heterocycles. The summed E-state index contributed by atoms with van der Waals surface area (Å²) in [7, 11) is 0. The number of anilines is 2. The van der Waals surface area contributed by atoms with Crippen LogP contribution in [0.4, 0.5) is 10.9 Å². The summed E-state index contributed by atoms with van der Waals surface area (Å²) >= 11 is 1.57. The van der Waals surface area contributed by atoms with Gasteiger partial charge in [0.25, 0.3) is 0 Å². The largest absolute Gasteiger partial charge is 0.315 e. The van der Waals surface area contributed by atoms with E-state index in [9.17, 15) is 0 Å². The first-order chi connectivity index (χ1) is 9.75. The van der Waals surface area contributed by atoms with Crippen LogP contribution in [-0.4, -0.2) is 32.4 Å². The van der Waals surface area contributed by atoms with Crippen molar-refractivity contribution in [3.8, 4) is 0 Å². The molecule has 3 rings (SSSR count). The van der Waals surface area contributed by atoms with Gasteiger partial charge in [-0.1, -0.05) is 0 Å². The molecule has 106 valence electrons. The maximum atomic E-state index is 4.58. The van der Waals surface area contributed by atoms with E-state index in [1.165, 1.54) is 6.42 Å². The van der Waals surface area contributed by atoms with Crippen LogP contribution in [0.3, 0.4) is 0 Å². The number of nitrogens with one attached hydrogen (secondary N) is 1. The maximum absolute atomic E-state index is 4.58. The van der Waals surface area contributed by atoms with Crippen molar-refractivity contribution in [3.63, 3.8) is 0 Å². The summed E-state index contributed by atoms with van der Waals surface area (Å²) in [5.41, 5.74) is 1.04. The number of hydrogen-bond donors (Lipinski definition) is 1. The molecule has 1 aliphatic rings. The fourth-order valence-electron chi connectivity index (χ4n) is 2.78. The molecule has 0 radical (unpaired) electrons. The van der Waals surface area contributed by atoms with Crippen LogP contribution in [0.15, 0.2) is 24.0 Å². The van der Waals surface area contributed by atoms with Gasteiger partial charge >= 0.3 is 0 Å². The summed E-state index contributed by atoms with van der Waals surface area (Å²) in [5.74, 6) is 0.833. The van der Waals surface area contributed by atoms with Crippen molar-refractivity contribution in [1.82, 2.24) is 19.9 Å². The minimum atomic E-state index is 0.353.